The highest BCUT2D eigenvalue weighted by atomic mass is 79.9. The van der Waals surface area contributed by atoms with Gasteiger partial charge in [0.05, 0.1) is 7.11 Å². The molecule has 0 saturated carbocycles. The Hall–Kier alpha value is -2.19. The van der Waals surface area contributed by atoms with E-state index in [1.807, 2.05) is 48.5 Å². The number of nitriles is 1. The molecule has 4 nitrogen and oxygen atoms in total. The van der Waals surface area contributed by atoms with Crippen molar-refractivity contribution < 1.29 is 9.47 Å². The molecule has 0 amide bonds. The number of hydrogen-bond donors (Lipinski definition) is 1. The van der Waals surface area contributed by atoms with Gasteiger partial charge < -0.3 is 14.8 Å². The summed E-state index contributed by atoms with van der Waals surface area (Å²) in [4.78, 5) is 0. The normalized spacial score (nSPS) is 9.76. The van der Waals surface area contributed by atoms with Gasteiger partial charge in [0.25, 0.3) is 0 Å². The molecule has 0 heterocycles. The Kier molecular flexibility index (Phi) is 5.47. The Bertz CT molecular complexity index is 653. The third-order valence-electron chi connectivity index (χ3n) is 2.86. The van der Waals surface area contributed by atoms with Crippen molar-refractivity contribution in [2.45, 2.75) is 6.54 Å². The lowest BCUT2D eigenvalue weighted by Gasteiger charge is -2.12. The number of nitrogens with zero attached hydrogens (tertiary/aromatic N) is 1. The minimum Gasteiger partial charge on any atom is -0.496 e. The standard InChI is InChI=1S/C16H15BrN2O2/c1-20-16-6-5-13(17)9-12(16)11-19-14-3-2-4-15(10-14)21-8-7-18/h2-6,9-10,19H,8,11H2,1H3. The molecule has 2 rings (SSSR count). The van der Waals surface area contributed by atoms with Gasteiger partial charge >= 0.3 is 0 Å². The predicted molar refractivity (Wildman–Crippen MR) is 85.6 cm³/mol. The maximum absolute atomic E-state index is 8.52. The Morgan fingerprint density at radius 1 is 1.24 bits per heavy atom. The fourth-order valence-corrected chi connectivity index (χ4v) is 2.30. The number of methoxy groups -OCH3 is 1. The van der Waals surface area contributed by atoms with Crippen LogP contribution in [0.1, 0.15) is 5.56 Å². The van der Waals surface area contributed by atoms with Crippen LogP contribution in [-0.4, -0.2) is 13.7 Å². The molecule has 0 fully saturated rings. The lowest BCUT2D eigenvalue weighted by atomic mass is 10.2. The van der Waals surface area contributed by atoms with E-state index in [2.05, 4.69) is 21.2 Å². The Labute approximate surface area is 132 Å². The highest BCUT2D eigenvalue weighted by Crippen LogP contribution is 2.24. The first-order valence-corrected chi connectivity index (χ1v) is 7.18. The van der Waals surface area contributed by atoms with Crippen LogP contribution in [0.25, 0.3) is 0 Å². The van der Waals surface area contributed by atoms with Crippen LogP contribution in [0.3, 0.4) is 0 Å². The van der Waals surface area contributed by atoms with Crippen molar-refractivity contribution in [2.75, 3.05) is 19.0 Å². The van der Waals surface area contributed by atoms with E-state index in [4.69, 9.17) is 14.7 Å². The van der Waals surface area contributed by atoms with Gasteiger partial charge in [-0.15, -0.1) is 0 Å². The second-order valence-electron chi connectivity index (χ2n) is 4.28. The lowest BCUT2D eigenvalue weighted by molar-refractivity contribution is 0.368. The van der Waals surface area contributed by atoms with Crippen LogP contribution in [-0.2, 0) is 6.54 Å². The largest absolute Gasteiger partial charge is 0.496 e. The minimum absolute atomic E-state index is 0.0446. The first-order chi connectivity index (χ1) is 10.2. The van der Waals surface area contributed by atoms with Gasteiger partial charge in [0.1, 0.15) is 17.6 Å². The van der Waals surface area contributed by atoms with Gasteiger partial charge in [-0.25, -0.2) is 0 Å². The van der Waals surface area contributed by atoms with Crippen molar-refractivity contribution in [2.24, 2.45) is 0 Å². The lowest BCUT2D eigenvalue weighted by Crippen LogP contribution is -2.02. The Balaban J connectivity index is 2.06. The van der Waals surface area contributed by atoms with Gasteiger partial charge in [-0.2, -0.15) is 5.26 Å². The zero-order valence-electron chi connectivity index (χ0n) is 11.6. The smallest absolute Gasteiger partial charge is 0.174 e. The van der Waals surface area contributed by atoms with E-state index in [0.717, 1.165) is 21.5 Å². The summed E-state index contributed by atoms with van der Waals surface area (Å²) in [6.07, 6.45) is 0. The number of ether oxygens (including phenoxy) is 2. The zero-order valence-corrected chi connectivity index (χ0v) is 13.2. The van der Waals surface area contributed by atoms with E-state index in [1.54, 1.807) is 7.11 Å². The first kappa shape index (κ1) is 15.2. The number of hydrogen-bond acceptors (Lipinski definition) is 4. The molecule has 0 spiro atoms. The monoisotopic (exact) mass is 346 g/mol. The minimum atomic E-state index is 0.0446. The highest BCUT2D eigenvalue weighted by molar-refractivity contribution is 9.10. The van der Waals surface area contributed by atoms with Crippen molar-refractivity contribution in [3.05, 3.63) is 52.5 Å². The summed E-state index contributed by atoms with van der Waals surface area (Å²) in [6, 6.07) is 15.3. The van der Waals surface area contributed by atoms with Crippen molar-refractivity contribution in [1.29, 1.82) is 5.26 Å². The predicted octanol–water partition coefficient (Wildman–Crippen LogP) is 3.97. The van der Waals surface area contributed by atoms with Crippen LogP contribution >= 0.6 is 15.9 Å². The summed E-state index contributed by atoms with van der Waals surface area (Å²) in [5.41, 5.74) is 1.97. The maximum Gasteiger partial charge on any atom is 0.174 e. The maximum atomic E-state index is 8.52. The molecule has 1 N–H and O–H groups in total. The molecule has 0 aliphatic rings. The average molecular weight is 347 g/mol. The average Bonchev–Trinajstić information content (AvgIpc) is 2.51. The second-order valence-corrected chi connectivity index (χ2v) is 5.20. The van der Waals surface area contributed by atoms with Gasteiger partial charge in [0.2, 0.25) is 0 Å². The van der Waals surface area contributed by atoms with Crippen molar-refractivity contribution in [1.82, 2.24) is 0 Å². The van der Waals surface area contributed by atoms with E-state index in [-0.39, 0.29) is 6.61 Å². The number of rotatable bonds is 6. The van der Waals surface area contributed by atoms with E-state index >= 15 is 0 Å². The first-order valence-electron chi connectivity index (χ1n) is 6.39. The molecule has 0 bridgehead atoms. The molecule has 0 aliphatic heterocycles. The molecule has 108 valence electrons. The number of nitrogens with one attached hydrogen (secondary N) is 1. The Morgan fingerprint density at radius 2 is 2.10 bits per heavy atom. The molecular formula is C16H15BrN2O2. The van der Waals surface area contributed by atoms with Crippen LogP contribution in [0, 0.1) is 11.3 Å². The molecule has 2 aromatic rings. The topological polar surface area (TPSA) is 54.3 Å². The van der Waals surface area contributed by atoms with Crippen LogP contribution in [0.5, 0.6) is 11.5 Å². The molecule has 0 aromatic heterocycles. The summed E-state index contributed by atoms with van der Waals surface area (Å²) in [5.74, 6) is 1.50. The summed E-state index contributed by atoms with van der Waals surface area (Å²) < 4.78 is 11.6. The van der Waals surface area contributed by atoms with Crippen LogP contribution in [0.15, 0.2) is 46.9 Å². The van der Waals surface area contributed by atoms with Crippen LogP contribution in [0.2, 0.25) is 0 Å². The van der Waals surface area contributed by atoms with E-state index < -0.39 is 0 Å². The molecule has 5 heteroatoms. The van der Waals surface area contributed by atoms with Crippen molar-refractivity contribution in [3.63, 3.8) is 0 Å². The third-order valence-corrected chi connectivity index (χ3v) is 3.36. The number of anilines is 1. The van der Waals surface area contributed by atoms with Crippen LogP contribution < -0.4 is 14.8 Å². The zero-order chi connectivity index (χ0) is 15.1. The van der Waals surface area contributed by atoms with Gasteiger partial charge in [-0.1, -0.05) is 22.0 Å². The molecular weight excluding hydrogens is 332 g/mol. The quantitative estimate of drug-likeness (QED) is 0.859. The SMILES string of the molecule is COc1ccc(Br)cc1CNc1cccc(OCC#N)c1. The number of benzene rings is 2. The molecule has 0 saturated heterocycles. The van der Waals surface area contributed by atoms with Crippen molar-refractivity contribution in [3.8, 4) is 17.6 Å². The van der Waals surface area contributed by atoms with E-state index in [9.17, 15) is 0 Å². The van der Waals surface area contributed by atoms with Gasteiger partial charge in [-0.3, -0.25) is 0 Å². The highest BCUT2D eigenvalue weighted by Gasteiger charge is 2.04. The molecule has 0 radical (unpaired) electrons. The summed E-state index contributed by atoms with van der Waals surface area (Å²) >= 11 is 3.46. The van der Waals surface area contributed by atoms with Gasteiger partial charge in [-0.05, 0) is 30.3 Å². The van der Waals surface area contributed by atoms with Gasteiger partial charge in [0.15, 0.2) is 6.61 Å². The summed E-state index contributed by atoms with van der Waals surface area (Å²) in [6.45, 7) is 0.674. The molecule has 0 atom stereocenters. The summed E-state index contributed by atoms with van der Waals surface area (Å²) in [7, 11) is 1.66. The van der Waals surface area contributed by atoms with Crippen LogP contribution in [0.4, 0.5) is 5.69 Å². The summed E-state index contributed by atoms with van der Waals surface area (Å²) in [5, 5.41) is 11.8. The second kappa shape index (κ2) is 7.55. The Morgan fingerprint density at radius 3 is 2.86 bits per heavy atom. The van der Waals surface area contributed by atoms with E-state index in [1.165, 1.54) is 0 Å². The molecule has 21 heavy (non-hydrogen) atoms. The molecule has 0 unspecified atom stereocenters. The fourth-order valence-electron chi connectivity index (χ4n) is 1.89. The van der Waals surface area contributed by atoms with Crippen molar-refractivity contribution >= 4 is 21.6 Å². The molecule has 0 aliphatic carbocycles. The van der Waals surface area contributed by atoms with Gasteiger partial charge in [0, 0.05) is 28.3 Å². The number of halogens is 1. The van der Waals surface area contributed by atoms with E-state index in [0.29, 0.717) is 12.3 Å². The molecule has 2 aromatic carbocycles. The third kappa shape index (κ3) is 4.40. The fraction of sp³-hybridized carbons (Fsp3) is 0.188.